The maximum atomic E-state index is 15.2. The molecule has 0 unspecified atom stereocenters. The summed E-state index contributed by atoms with van der Waals surface area (Å²) in [6.07, 6.45) is 3.34. The smallest absolute Gasteiger partial charge is 0.337 e. The van der Waals surface area contributed by atoms with Crippen LogP contribution in [0.15, 0.2) is 17.9 Å². The molecule has 3 saturated heterocycles. The molecule has 3 fully saturated rings. The van der Waals surface area contributed by atoms with Gasteiger partial charge in [0.25, 0.3) is 0 Å². The van der Waals surface area contributed by atoms with Crippen molar-refractivity contribution in [1.82, 2.24) is 4.90 Å². The maximum absolute atomic E-state index is 15.2. The Balaban J connectivity index is 1.64. The Morgan fingerprint density at radius 3 is 2.74 bits per heavy atom. The molecule has 0 amide bonds. The molecule has 0 radical (unpaired) electrons. The van der Waals surface area contributed by atoms with Crippen LogP contribution in [-0.4, -0.2) is 70.3 Å². The van der Waals surface area contributed by atoms with Crippen molar-refractivity contribution < 1.29 is 37.3 Å². The van der Waals surface area contributed by atoms with E-state index in [1.807, 2.05) is 0 Å². The number of hydrogen-bond acceptors (Lipinski definition) is 8. The van der Waals surface area contributed by atoms with Crippen molar-refractivity contribution in [2.24, 2.45) is 11.8 Å². The highest BCUT2D eigenvalue weighted by molar-refractivity contribution is 5.88. The van der Waals surface area contributed by atoms with Gasteiger partial charge in [0.2, 0.25) is 0 Å². The third kappa shape index (κ3) is 3.29. The van der Waals surface area contributed by atoms with Crippen molar-refractivity contribution >= 4 is 11.7 Å². The first-order valence-electron chi connectivity index (χ1n) is 12.0. The summed E-state index contributed by atoms with van der Waals surface area (Å²) in [7, 11) is 4.28. The van der Waals surface area contributed by atoms with Gasteiger partial charge in [0.1, 0.15) is 11.4 Å². The summed E-state index contributed by atoms with van der Waals surface area (Å²) < 4.78 is 58.5. The number of halogens is 2. The second-order valence-electron chi connectivity index (χ2n) is 9.58. The van der Waals surface area contributed by atoms with E-state index in [1.165, 1.54) is 27.6 Å². The number of anilines is 1. The molecular weight excluding hydrogens is 462 g/mol. The van der Waals surface area contributed by atoms with Crippen molar-refractivity contribution in [3.8, 4) is 5.75 Å². The van der Waals surface area contributed by atoms with Gasteiger partial charge in [-0.15, -0.1) is 0 Å². The Bertz CT molecular complexity index is 1050. The number of ether oxygens (including phenoxy) is 5. The molecule has 0 aromatic heterocycles. The quantitative estimate of drug-likeness (QED) is 0.380. The third-order valence-electron chi connectivity index (χ3n) is 8.25. The van der Waals surface area contributed by atoms with Gasteiger partial charge in [-0.25, -0.2) is 13.6 Å². The van der Waals surface area contributed by atoms with Gasteiger partial charge < -0.3 is 29.0 Å². The summed E-state index contributed by atoms with van der Waals surface area (Å²) in [5.74, 6) is -2.22. The molecule has 192 valence electrons. The number of fused-ring (bicyclic) bond motifs is 2. The van der Waals surface area contributed by atoms with E-state index in [-0.39, 0.29) is 29.3 Å². The predicted octanol–water partition coefficient (Wildman–Crippen LogP) is 3.16. The number of piperidine rings is 2. The van der Waals surface area contributed by atoms with Gasteiger partial charge in [0.15, 0.2) is 17.4 Å². The SMILES string of the molecule is CC[C@@H]1CN2CC[C@@]34OCCO[C@@]3(Nc3c(F)c(F)cc(OC)c34)[C@@H]2C[C@@H]1/C(=C\OC)C(=O)OC. The summed E-state index contributed by atoms with van der Waals surface area (Å²) in [6, 6.07) is 0.771. The largest absolute Gasteiger partial charge is 0.504 e. The van der Waals surface area contributed by atoms with E-state index in [4.69, 9.17) is 23.7 Å². The van der Waals surface area contributed by atoms with Crippen LogP contribution in [0.3, 0.4) is 0 Å². The van der Waals surface area contributed by atoms with Crippen molar-refractivity contribution in [3.63, 3.8) is 0 Å². The lowest BCUT2D eigenvalue weighted by atomic mass is 9.67. The number of carbonyl (C=O) groups excluding carboxylic acids is 1. The Morgan fingerprint density at radius 2 is 2.06 bits per heavy atom. The number of nitrogens with zero attached hydrogens (tertiary/aromatic N) is 1. The topological polar surface area (TPSA) is 78.5 Å². The first-order valence-corrected chi connectivity index (χ1v) is 12.0. The van der Waals surface area contributed by atoms with Gasteiger partial charge in [0.05, 0.1) is 63.7 Å². The summed E-state index contributed by atoms with van der Waals surface area (Å²) >= 11 is 0. The second-order valence-corrected chi connectivity index (χ2v) is 9.58. The highest BCUT2D eigenvalue weighted by atomic mass is 19.2. The standard InChI is InChI=1S/C25H32F2N2O6/c1-5-14-12-29-7-6-24-20-18(32-3)11-17(26)21(27)22(20)28-25(24,35-9-8-34-24)19(29)10-15(14)16(13-31-2)23(30)33-4/h11,13-15,19,28H,5-10,12H2,1-4H3/b16-13+/t14-,15+,19+,24+,25+/m1/s1. The van der Waals surface area contributed by atoms with E-state index in [9.17, 15) is 9.18 Å². The molecule has 4 aliphatic rings. The first kappa shape index (κ1) is 24.3. The summed E-state index contributed by atoms with van der Waals surface area (Å²) in [6.45, 7) is 4.08. The van der Waals surface area contributed by atoms with Gasteiger partial charge in [-0.05, 0) is 24.7 Å². The minimum Gasteiger partial charge on any atom is -0.504 e. The molecule has 1 aromatic carbocycles. The number of carbonyl (C=O) groups is 1. The number of hydrogen-bond donors (Lipinski definition) is 1. The summed E-state index contributed by atoms with van der Waals surface area (Å²) in [4.78, 5) is 15.0. The summed E-state index contributed by atoms with van der Waals surface area (Å²) in [5.41, 5.74) is -1.33. The minimum absolute atomic E-state index is 0.0142. The number of methoxy groups -OCH3 is 3. The molecule has 10 heteroatoms. The fourth-order valence-electron chi connectivity index (χ4n) is 6.77. The highest BCUT2D eigenvalue weighted by Gasteiger charge is 2.71. The molecule has 8 nitrogen and oxygen atoms in total. The van der Waals surface area contributed by atoms with Crippen LogP contribution in [-0.2, 0) is 29.3 Å². The van der Waals surface area contributed by atoms with E-state index < -0.39 is 28.9 Å². The van der Waals surface area contributed by atoms with Crippen LogP contribution in [0.4, 0.5) is 14.5 Å². The van der Waals surface area contributed by atoms with E-state index in [2.05, 4.69) is 17.1 Å². The van der Waals surface area contributed by atoms with Crippen LogP contribution >= 0.6 is 0 Å². The average Bonchev–Trinajstić information content (AvgIpc) is 3.21. The molecule has 0 spiro atoms. The lowest BCUT2D eigenvalue weighted by molar-refractivity contribution is -0.297. The molecular formula is C25H32F2N2O6. The van der Waals surface area contributed by atoms with Crippen LogP contribution in [0.2, 0.25) is 0 Å². The summed E-state index contributed by atoms with van der Waals surface area (Å²) in [5, 5.41) is 3.24. The lowest BCUT2D eigenvalue weighted by Gasteiger charge is -2.61. The monoisotopic (exact) mass is 494 g/mol. The minimum atomic E-state index is -1.18. The van der Waals surface area contributed by atoms with Gasteiger partial charge in [-0.2, -0.15) is 0 Å². The fourth-order valence-corrected chi connectivity index (χ4v) is 6.77. The fraction of sp³-hybridized carbons (Fsp3) is 0.640. The average molecular weight is 495 g/mol. The van der Waals surface area contributed by atoms with Crippen molar-refractivity contribution in [2.45, 2.75) is 43.6 Å². The van der Waals surface area contributed by atoms with E-state index >= 15 is 4.39 Å². The van der Waals surface area contributed by atoms with E-state index in [0.717, 1.165) is 12.5 Å². The van der Waals surface area contributed by atoms with Gasteiger partial charge >= 0.3 is 5.97 Å². The Labute approximate surface area is 203 Å². The molecule has 4 aliphatic heterocycles. The van der Waals surface area contributed by atoms with E-state index in [0.29, 0.717) is 50.3 Å². The molecule has 4 heterocycles. The molecule has 35 heavy (non-hydrogen) atoms. The zero-order chi connectivity index (χ0) is 25.0. The zero-order valence-corrected chi connectivity index (χ0v) is 20.5. The number of rotatable bonds is 5. The Hall–Kier alpha value is -2.43. The normalized spacial score (nSPS) is 34.1. The highest BCUT2D eigenvalue weighted by Crippen LogP contribution is 2.62. The van der Waals surface area contributed by atoms with Crippen LogP contribution < -0.4 is 10.1 Å². The number of benzene rings is 1. The molecule has 1 aromatic rings. The van der Waals surface area contributed by atoms with Crippen LogP contribution in [0.25, 0.3) is 0 Å². The third-order valence-corrected chi connectivity index (χ3v) is 8.25. The Kier molecular flexibility index (Phi) is 6.17. The molecule has 1 N–H and O–H groups in total. The zero-order valence-electron chi connectivity index (χ0n) is 20.5. The van der Waals surface area contributed by atoms with E-state index in [1.54, 1.807) is 0 Å². The molecule has 0 aliphatic carbocycles. The van der Waals surface area contributed by atoms with Gasteiger partial charge in [-0.3, -0.25) is 4.90 Å². The van der Waals surface area contributed by atoms with Crippen LogP contribution in [0, 0.1) is 23.5 Å². The van der Waals surface area contributed by atoms with Crippen LogP contribution in [0.1, 0.15) is 31.7 Å². The number of esters is 1. The van der Waals surface area contributed by atoms with Crippen molar-refractivity contribution in [3.05, 3.63) is 35.1 Å². The molecule has 5 rings (SSSR count). The maximum Gasteiger partial charge on any atom is 0.337 e. The van der Waals surface area contributed by atoms with Crippen molar-refractivity contribution in [1.29, 1.82) is 0 Å². The number of nitrogens with one attached hydrogen (secondary N) is 1. The predicted molar refractivity (Wildman–Crippen MR) is 122 cm³/mol. The molecule has 5 atom stereocenters. The van der Waals surface area contributed by atoms with Crippen molar-refractivity contribution in [2.75, 3.05) is 52.9 Å². The van der Waals surface area contributed by atoms with Crippen LogP contribution in [0.5, 0.6) is 5.75 Å². The van der Waals surface area contributed by atoms with Gasteiger partial charge in [0, 0.05) is 19.2 Å². The lowest BCUT2D eigenvalue weighted by Crippen LogP contribution is -2.75. The molecule has 0 saturated carbocycles. The van der Waals surface area contributed by atoms with Gasteiger partial charge in [-0.1, -0.05) is 13.3 Å². The Morgan fingerprint density at radius 1 is 1.29 bits per heavy atom. The second kappa shape index (κ2) is 8.90. The molecule has 0 bridgehead atoms. The first-order chi connectivity index (χ1) is 16.9.